The van der Waals surface area contributed by atoms with Crippen molar-refractivity contribution < 1.29 is 14.0 Å². The Bertz CT molecular complexity index is 666. The van der Waals surface area contributed by atoms with Crippen molar-refractivity contribution >= 4 is 26.0 Å². The summed E-state index contributed by atoms with van der Waals surface area (Å²) in [6.45, 7) is 18.8. The summed E-state index contributed by atoms with van der Waals surface area (Å²) in [4.78, 5) is 18.8. The number of amides is 1. The van der Waals surface area contributed by atoms with Crippen molar-refractivity contribution in [3.8, 4) is 0 Å². The fraction of sp³-hybridized carbons (Fsp3) is 0.727. The van der Waals surface area contributed by atoms with E-state index < -0.39 is 13.9 Å². The van der Waals surface area contributed by atoms with E-state index in [2.05, 4.69) is 45.8 Å². The second-order valence-electron chi connectivity index (χ2n) is 10.2. The number of hydrogen-bond donors (Lipinski definition) is 0. The molecule has 0 saturated carbocycles. The number of ether oxygens (including phenoxy) is 1. The average molecular weight is 443 g/mol. The second-order valence-corrected chi connectivity index (χ2v) is 15.3. The predicted octanol–water partition coefficient (Wildman–Crippen LogP) is 6.83. The predicted molar refractivity (Wildman–Crippen MR) is 123 cm³/mol. The minimum absolute atomic E-state index is 0.0341. The van der Waals surface area contributed by atoms with E-state index >= 15 is 0 Å². The second kappa shape index (κ2) is 9.80. The molecule has 166 valence electrons. The van der Waals surface area contributed by atoms with Crippen LogP contribution in [0.5, 0.6) is 0 Å². The first-order valence-corrected chi connectivity index (χ1v) is 13.6. The number of pyridine rings is 1. The van der Waals surface area contributed by atoms with Crippen molar-refractivity contribution in [1.82, 2.24) is 9.88 Å². The molecule has 0 N–H and O–H groups in total. The van der Waals surface area contributed by atoms with Crippen molar-refractivity contribution in [3.05, 3.63) is 29.0 Å². The molecule has 0 aliphatic carbocycles. The summed E-state index contributed by atoms with van der Waals surface area (Å²) < 4.78 is 12.5. The number of likely N-dealkylation sites (N-methyl/N-ethyl adjacent to an activating group) is 1. The standard InChI is InChI=1S/C22H39ClN2O3Si/c1-11-12-17(25(8)20(26)27-21(2,3)4)19(16-13-14-18(23)24-15-16)28-29(9,10)22(5,6)7/h13-15,17,19H,11-12H2,1-10H3/t17-,19?/m1/s1. The molecule has 0 saturated heterocycles. The van der Waals surface area contributed by atoms with Crippen molar-refractivity contribution in [2.75, 3.05) is 7.05 Å². The topological polar surface area (TPSA) is 51.7 Å². The van der Waals surface area contributed by atoms with Gasteiger partial charge in [-0.2, -0.15) is 0 Å². The van der Waals surface area contributed by atoms with Gasteiger partial charge in [0.1, 0.15) is 10.8 Å². The number of nitrogens with zero attached hydrogens (tertiary/aromatic N) is 2. The molecule has 29 heavy (non-hydrogen) atoms. The third-order valence-corrected chi connectivity index (χ3v) is 10.1. The maximum atomic E-state index is 12.9. The maximum absolute atomic E-state index is 12.9. The third-order valence-electron chi connectivity index (χ3n) is 5.42. The Morgan fingerprint density at radius 3 is 2.21 bits per heavy atom. The number of halogens is 1. The SMILES string of the molecule is CCC[C@H](C(O[Si](C)(C)C(C)(C)C)c1ccc(Cl)nc1)N(C)C(=O)OC(C)(C)C. The summed E-state index contributed by atoms with van der Waals surface area (Å²) in [6.07, 6.45) is 2.80. The maximum Gasteiger partial charge on any atom is 0.410 e. The van der Waals surface area contributed by atoms with Crippen LogP contribution in [0.4, 0.5) is 4.79 Å². The molecule has 5 nitrogen and oxygen atoms in total. The highest BCUT2D eigenvalue weighted by Crippen LogP contribution is 2.42. The van der Waals surface area contributed by atoms with Crippen LogP contribution >= 0.6 is 11.6 Å². The Kier molecular flexibility index (Phi) is 8.76. The van der Waals surface area contributed by atoms with E-state index in [-0.39, 0.29) is 23.3 Å². The summed E-state index contributed by atoms with van der Waals surface area (Å²) >= 11 is 6.02. The first-order valence-electron chi connectivity index (χ1n) is 10.3. The zero-order valence-electron chi connectivity index (χ0n) is 19.8. The van der Waals surface area contributed by atoms with Crippen LogP contribution in [-0.4, -0.2) is 43.0 Å². The molecule has 1 heterocycles. The van der Waals surface area contributed by atoms with Gasteiger partial charge in [-0.3, -0.25) is 0 Å². The number of hydrogen-bond acceptors (Lipinski definition) is 4. The summed E-state index contributed by atoms with van der Waals surface area (Å²) in [5.74, 6) is 0. The number of aromatic nitrogens is 1. The van der Waals surface area contributed by atoms with E-state index in [0.717, 1.165) is 18.4 Å². The van der Waals surface area contributed by atoms with Crippen LogP contribution in [0, 0.1) is 0 Å². The van der Waals surface area contributed by atoms with E-state index in [1.54, 1.807) is 24.2 Å². The fourth-order valence-electron chi connectivity index (χ4n) is 2.73. The zero-order chi connectivity index (χ0) is 22.6. The van der Waals surface area contributed by atoms with E-state index in [9.17, 15) is 4.79 Å². The Morgan fingerprint density at radius 1 is 1.21 bits per heavy atom. The van der Waals surface area contributed by atoms with Crippen molar-refractivity contribution in [2.45, 2.75) is 97.2 Å². The van der Waals surface area contributed by atoms with Gasteiger partial charge in [-0.25, -0.2) is 9.78 Å². The molecule has 0 radical (unpaired) electrons. The molecule has 0 spiro atoms. The van der Waals surface area contributed by atoms with Gasteiger partial charge in [0.15, 0.2) is 8.32 Å². The van der Waals surface area contributed by atoms with Gasteiger partial charge >= 0.3 is 6.09 Å². The lowest BCUT2D eigenvalue weighted by Crippen LogP contribution is -2.49. The molecule has 1 unspecified atom stereocenters. The van der Waals surface area contributed by atoms with E-state index in [4.69, 9.17) is 20.8 Å². The van der Waals surface area contributed by atoms with Gasteiger partial charge in [-0.15, -0.1) is 0 Å². The minimum Gasteiger partial charge on any atom is -0.444 e. The van der Waals surface area contributed by atoms with Crippen LogP contribution in [0.1, 0.15) is 73.0 Å². The van der Waals surface area contributed by atoms with Crippen LogP contribution in [-0.2, 0) is 9.16 Å². The Balaban J connectivity index is 3.37. The molecule has 0 fully saturated rings. The molecule has 0 aromatic carbocycles. The van der Waals surface area contributed by atoms with Crippen molar-refractivity contribution in [1.29, 1.82) is 0 Å². The van der Waals surface area contributed by atoms with Crippen molar-refractivity contribution in [2.24, 2.45) is 0 Å². The summed E-state index contributed by atoms with van der Waals surface area (Å²) in [5, 5.41) is 0.471. The third kappa shape index (κ3) is 7.57. The van der Waals surface area contributed by atoms with Gasteiger partial charge in [0, 0.05) is 18.8 Å². The highest BCUT2D eigenvalue weighted by Gasteiger charge is 2.42. The number of rotatable bonds is 7. The quantitative estimate of drug-likeness (QED) is 0.342. The molecule has 1 rings (SSSR count). The Labute approximate surface area is 183 Å². The summed E-state index contributed by atoms with van der Waals surface area (Å²) in [7, 11) is -0.332. The van der Waals surface area contributed by atoms with Crippen LogP contribution in [0.3, 0.4) is 0 Å². The normalized spacial score (nSPS) is 15.0. The molecular formula is C22H39ClN2O3Si. The van der Waals surface area contributed by atoms with Crippen molar-refractivity contribution in [3.63, 3.8) is 0 Å². The van der Waals surface area contributed by atoms with Crippen LogP contribution in [0.15, 0.2) is 18.3 Å². The monoisotopic (exact) mass is 442 g/mol. The molecular weight excluding hydrogens is 404 g/mol. The molecule has 0 bridgehead atoms. The smallest absolute Gasteiger partial charge is 0.410 e. The van der Waals surface area contributed by atoms with Gasteiger partial charge in [-0.05, 0) is 51.4 Å². The van der Waals surface area contributed by atoms with Gasteiger partial charge in [-0.1, -0.05) is 51.8 Å². The first-order chi connectivity index (χ1) is 13.1. The molecule has 7 heteroatoms. The Hall–Kier alpha value is -1.11. The van der Waals surface area contributed by atoms with Crippen LogP contribution in [0.2, 0.25) is 23.3 Å². The minimum atomic E-state index is -2.12. The molecule has 1 amide bonds. The lowest BCUT2D eigenvalue weighted by atomic mass is 9.99. The van der Waals surface area contributed by atoms with Gasteiger partial charge < -0.3 is 14.1 Å². The lowest BCUT2D eigenvalue weighted by Gasteiger charge is -2.43. The Morgan fingerprint density at radius 2 is 1.79 bits per heavy atom. The number of carbonyl (C=O) groups is 1. The van der Waals surface area contributed by atoms with Crippen LogP contribution in [0.25, 0.3) is 0 Å². The van der Waals surface area contributed by atoms with Gasteiger partial charge in [0.25, 0.3) is 0 Å². The van der Waals surface area contributed by atoms with Gasteiger partial charge in [0.05, 0.1) is 12.1 Å². The largest absolute Gasteiger partial charge is 0.444 e. The van der Waals surface area contributed by atoms with E-state index in [1.807, 2.05) is 26.8 Å². The number of carbonyl (C=O) groups excluding carboxylic acids is 1. The highest BCUT2D eigenvalue weighted by molar-refractivity contribution is 6.74. The molecule has 0 aliphatic rings. The average Bonchev–Trinajstić information content (AvgIpc) is 2.55. The highest BCUT2D eigenvalue weighted by atomic mass is 35.5. The lowest BCUT2D eigenvalue weighted by molar-refractivity contribution is 0.00214. The summed E-state index contributed by atoms with van der Waals surface area (Å²) in [6, 6.07) is 3.54. The molecule has 1 aromatic rings. The van der Waals surface area contributed by atoms with E-state index in [1.165, 1.54) is 0 Å². The zero-order valence-corrected chi connectivity index (χ0v) is 21.6. The fourth-order valence-corrected chi connectivity index (χ4v) is 4.13. The molecule has 0 aliphatic heterocycles. The van der Waals surface area contributed by atoms with Crippen LogP contribution < -0.4 is 0 Å². The van der Waals surface area contributed by atoms with E-state index in [0.29, 0.717) is 5.15 Å². The summed E-state index contributed by atoms with van der Waals surface area (Å²) in [5.41, 5.74) is 0.368. The molecule has 1 aromatic heterocycles. The van der Waals surface area contributed by atoms with Gasteiger partial charge in [0.2, 0.25) is 0 Å². The molecule has 2 atom stereocenters. The first kappa shape index (κ1) is 25.9.